The van der Waals surface area contributed by atoms with Crippen molar-refractivity contribution in [3.8, 4) is 0 Å². The summed E-state index contributed by atoms with van der Waals surface area (Å²) in [5, 5.41) is 5.43. The average molecular weight is 406 g/mol. The molecule has 29 heavy (non-hydrogen) atoms. The van der Waals surface area contributed by atoms with Gasteiger partial charge >= 0.3 is 0 Å². The predicted molar refractivity (Wildman–Crippen MR) is 124 cm³/mol. The molecule has 1 aromatic carbocycles. The summed E-state index contributed by atoms with van der Waals surface area (Å²) in [5.41, 5.74) is 2.06. The van der Waals surface area contributed by atoms with Crippen LogP contribution in [0.25, 0.3) is 10.9 Å². The Kier molecular flexibility index (Phi) is 6.81. The second-order valence-corrected chi connectivity index (χ2v) is 8.22. The van der Waals surface area contributed by atoms with Crippen LogP contribution in [0.1, 0.15) is 12.8 Å². The molecular weight excluding hydrogens is 378 g/mol. The number of pyridine rings is 1. The molecule has 0 spiro atoms. The Balaban J connectivity index is 1.26. The first-order valence-electron chi connectivity index (χ1n) is 10.5. The zero-order valence-electron chi connectivity index (χ0n) is 16.7. The molecule has 150 valence electrons. The summed E-state index contributed by atoms with van der Waals surface area (Å²) in [7, 11) is 0. The Morgan fingerprint density at radius 2 is 1.59 bits per heavy atom. The molecular formula is C25H28ClN3. The molecule has 2 aromatic rings. The van der Waals surface area contributed by atoms with Gasteiger partial charge in [-0.1, -0.05) is 60.2 Å². The van der Waals surface area contributed by atoms with Crippen molar-refractivity contribution in [1.82, 2.24) is 9.88 Å². The molecule has 0 amide bonds. The van der Waals surface area contributed by atoms with Crippen molar-refractivity contribution >= 4 is 28.2 Å². The van der Waals surface area contributed by atoms with Crippen LogP contribution in [0, 0.1) is 11.8 Å². The Hall–Kier alpha value is -2.36. The number of anilines is 1. The van der Waals surface area contributed by atoms with Crippen molar-refractivity contribution in [2.45, 2.75) is 12.8 Å². The molecule has 0 unspecified atom stereocenters. The SMILES string of the molecule is Clc1ccc2c(NCCCCN(CC3C=CC=C3)CC3C=CC=C3)ccnc2c1. The second kappa shape index (κ2) is 9.91. The van der Waals surface area contributed by atoms with Crippen LogP contribution in [-0.2, 0) is 0 Å². The van der Waals surface area contributed by atoms with E-state index >= 15 is 0 Å². The summed E-state index contributed by atoms with van der Waals surface area (Å²) < 4.78 is 0. The molecule has 2 aliphatic carbocycles. The summed E-state index contributed by atoms with van der Waals surface area (Å²) in [6.07, 6.45) is 22.0. The molecule has 0 fully saturated rings. The summed E-state index contributed by atoms with van der Waals surface area (Å²) in [5.74, 6) is 1.11. The van der Waals surface area contributed by atoms with Gasteiger partial charge < -0.3 is 10.2 Å². The molecule has 4 rings (SSSR count). The highest BCUT2D eigenvalue weighted by Gasteiger charge is 2.15. The van der Waals surface area contributed by atoms with Gasteiger partial charge in [0.25, 0.3) is 0 Å². The lowest BCUT2D eigenvalue weighted by Crippen LogP contribution is -2.33. The van der Waals surface area contributed by atoms with Crippen LogP contribution in [0.5, 0.6) is 0 Å². The third-order valence-electron chi connectivity index (χ3n) is 5.51. The Bertz CT molecular complexity index is 890. The standard InChI is InChI=1S/C25H28ClN3/c26-22-11-12-23-24(13-15-28-25(23)17-22)27-14-5-6-16-29(18-20-7-1-2-8-20)19-21-9-3-4-10-21/h1-4,7-13,15,17,20-21H,5-6,14,16,18-19H2,(H,27,28). The summed E-state index contributed by atoms with van der Waals surface area (Å²) in [6.45, 7) is 4.30. The molecule has 0 saturated carbocycles. The molecule has 3 nitrogen and oxygen atoms in total. The monoisotopic (exact) mass is 405 g/mol. The predicted octanol–water partition coefficient (Wildman–Crippen LogP) is 5.87. The molecule has 2 aliphatic rings. The average Bonchev–Trinajstić information content (AvgIpc) is 3.41. The fourth-order valence-corrected chi connectivity index (χ4v) is 4.18. The molecule has 0 radical (unpaired) electrons. The highest BCUT2D eigenvalue weighted by molar-refractivity contribution is 6.31. The van der Waals surface area contributed by atoms with Gasteiger partial charge in [0.2, 0.25) is 0 Å². The van der Waals surface area contributed by atoms with E-state index in [4.69, 9.17) is 11.6 Å². The van der Waals surface area contributed by atoms with E-state index in [9.17, 15) is 0 Å². The van der Waals surface area contributed by atoms with Crippen LogP contribution >= 0.6 is 11.6 Å². The number of benzene rings is 1. The van der Waals surface area contributed by atoms with Gasteiger partial charge in [-0.3, -0.25) is 4.98 Å². The van der Waals surface area contributed by atoms with Crippen molar-refractivity contribution in [3.05, 3.63) is 84.1 Å². The molecule has 1 aromatic heterocycles. The van der Waals surface area contributed by atoms with E-state index in [1.165, 1.54) is 6.42 Å². The fraction of sp³-hybridized carbons (Fsp3) is 0.320. The van der Waals surface area contributed by atoms with Crippen molar-refractivity contribution in [1.29, 1.82) is 0 Å². The van der Waals surface area contributed by atoms with E-state index in [2.05, 4.69) is 63.8 Å². The first-order valence-corrected chi connectivity index (χ1v) is 10.9. The Morgan fingerprint density at radius 1 is 0.897 bits per heavy atom. The number of aromatic nitrogens is 1. The lowest BCUT2D eigenvalue weighted by molar-refractivity contribution is 0.246. The molecule has 1 heterocycles. The first-order chi connectivity index (χ1) is 14.3. The van der Waals surface area contributed by atoms with Crippen LogP contribution in [0.3, 0.4) is 0 Å². The van der Waals surface area contributed by atoms with Crippen molar-refractivity contribution in [2.24, 2.45) is 11.8 Å². The van der Waals surface area contributed by atoms with E-state index in [0.29, 0.717) is 11.8 Å². The minimum atomic E-state index is 0.553. The maximum Gasteiger partial charge on any atom is 0.0737 e. The van der Waals surface area contributed by atoms with Gasteiger partial charge in [0.05, 0.1) is 5.52 Å². The number of fused-ring (bicyclic) bond motifs is 1. The topological polar surface area (TPSA) is 28.2 Å². The highest BCUT2D eigenvalue weighted by atomic mass is 35.5. The van der Waals surface area contributed by atoms with Gasteiger partial charge in [0.15, 0.2) is 0 Å². The van der Waals surface area contributed by atoms with Gasteiger partial charge in [-0.25, -0.2) is 0 Å². The number of hydrogen-bond acceptors (Lipinski definition) is 3. The van der Waals surface area contributed by atoms with E-state index in [-0.39, 0.29) is 0 Å². The molecule has 4 heteroatoms. The van der Waals surface area contributed by atoms with Gasteiger partial charge in [-0.05, 0) is 43.7 Å². The highest BCUT2D eigenvalue weighted by Crippen LogP contribution is 2.24. The summed E-state index contributed by atoms with van der Waals surface area (Å²) in [6, 6.07) is 7.92. The molecule has 0 bridgehead atoms. The number of unbranched alkanes of at least 4 members (excludes halogenated alkanes) is 1. The largest absolute Gasteiger partial charge is 0.384 e. The second-order valence-electron chi connectivity index (χ2n) is 7.78. The maximum absolute atomic E-state index is 6.09. The van der Waals surface area contributed by atoms with Gasteiger partial charge in [-0.2, -0.15) is 0 Å². The number of nitrogens with one attached hydrogen (secondary N) is 1. The number of nitrogens with zero attached hydrogens (tertiary/aromatic N) is 2. The zero-order valence-corrected chi connectivity index (χ0v) is 17.4. The normalized spacial score (nSPS) is 16.1. The van der Waals surface area contributed by atoms with E-state index in [1.54, 1.807) is 0 Å². The Labute approximate surface area is 178 Å². The van der Waals surface area contributed by atoms with Crippen LogP contribution in [0.4, 0.5) is 5.69 Å². The fourth-order valence-electron chi connectivity index (χ4n) is 4.01. The number of rotatable bonds is 10. The van der Waals surface area contributed by atoms with Crippen molar-refractivity contribution < 1.29 is 0 Å². The lowest BCUT2D eigenvalue weighted by Gasteiger charge is -2.26. The quantitative estimate of drug-likeness (QED) is 0.501. The van der Waals surface area contributed by atoms with Crippen LogP contribution in [0.15, 0.2) is 79.1 Å². The van der Waals surface area contributed by atoms with Gasteiger partial charge in [0, 0.05) is 53.8 Å². The molecule has 0 saturated heterocycles. The number of hydrogen-bond donors (Lipinski definition) is 1. The van der Waals surface area contributed by atoms with Gasteiger partial charge in [0.1, 0.15) is 0 Å². The molecule has 0 aliphatic heterocycles. The third-order valence-corrected chi connectivity index (χ3v) is 5.75. The summed E-state index contributed by atoms with van der Waals surface area (Å²) in [4.78, 5) is 7.02. The zero-order chi connectivity index (χ0) is 19.9. The van der Waals surface area contributed by atoms with Crippen molar-refractivity contribution in [2.75, 3.05) is 31.5 Å². The van der Waals surface area contributed by atoms with Gasteiger partial charge in [-0.15, -0.1) is 0 Å². The number of halogens is 1. The van der Waals surface area contributed by atoms with E-state index < -0.39 is 0 Å². The first kappa shape index (κ1) is 19.9. The maximum atomic E-state index is 6.09. The minimum absolute atomic E-state index is 0.553. The van der Waals surface area contributed by atoms with E-state index in [0.717, 1.165) is 54.2 Å². The van der Waals surface area contributed by atoms with E-state index in [1.807, 2.05) is 30.5 Å². The Morgan fingerprint density at radius 3 is 2.28 bits per heavy atom. The van der Waals surface area contributed by atoms with Crippen LogP contribution in [0.2, 0.25) is 5.02 Å². The van der Waals surface area contributed by atoms with Crippen molar-refractivity contribution in [3.63, 3.8) is 0 Å². The molecule has 1 N–H and O–H groups in total. The smallest absolute Gasteiger partial charge is 0.0737 e. The minimum Gasteiger partial charge on any atom is -0.384 e. The third kappa shape index (κ3) is 5.59. The number of allylic oxidation sites excluding steroid dienone is 4. The van der Waals surface area contributed by atoms with Crippen LogP contribution in [-0.4, -0.2) is 36.1 Å². The summed E-state index contributed by atoms with van der Waals surface area (Å²) >= 11 is 6.09. The lowest BCUT2D eigenvalue weighted by atomic mass is 10.1. The van der Waals surface area contributed by atoms with Crippen LogP contribution < -0.4 is 5.32 Å². The molecule has 0 atom stereocenters.